The van der Waals surface area contributed by atoms with E-state index in [1.54, 1.807) is 0 Å². The molecule has 21 heavy (non-hydrogen) atoms. The first-order valence-electron chi connectivity index (χ1n) is 8.39. The first-order chi connectivity index (χ1) is 10.3. The number of carbonyl (C=O) groups is 1. The molecule has 1 aliphatic carbocycles. The number of anilines is 1. The van der Waals surface area contributed by atoms with Crippen molar-refractivity contribution in [2.45, 2.75) is 51.0 Å². The molecule has 1 saturated carbocycles. The molecule has 1 saturated heterocycles. The lowest BCUT2D eigenvalue weighted by Crippen LogP contribution is -2.48. The molecule has 3 heteroatoms. The van der Waals surface area contributed by atoms with Gasteiger partial charge in [-0.3, -0.25) is 4.79 Å². The molecular weight excluding hydrogens is 260 g/mol. The molecule has 3 aliphatic rings. The van der Waals surface area contributed by atoms with E-state index in [9.17, 15) is 4.79 Å². The van der Waals surface area contributed by atoms with Crippen molar-refractivity contribution in [1.82, 2.24) is 4.90 Å². The Balaban J connectivity index is 1.39. The summed E-state index contributed by atoms with van der Waals surface area (Å²) in [6, 6.07) is 8.24. The first kappa shape index (κ1) is 13.2. The second-order valence-corrected chi connectivity index (χ2v) is 7.09. The summed E-state index contributed by atoms with van der Waals surface area (Å²) in [6.07, 6.45) is 8.86. The lowest BCUT2D eigenvalue weighted by Gasteiger charge is -2.40. The zero-order valence-electron chi connectivity index (χ0n) is 12.6. The maximum absolute atomic E-state index is 12.7. The number of rotatable bonds is 1. The van der Waals surface area contributed by atoms with Crippen LogP contribution in [0.25, 0.3) is 0 Å². The number of fused-ring (bicyclic) bond motifs is 1. The SMILES string of the molecule is O=C([C@@H]1Cc2ccccc2N1)N1CCC2(CCCC2)CC1. The van der Waals surface area contributed by atoms with E-state index in [1.807, 2.05) is 6.07 Å². The topological polar surface area (TPSA) is 32.3 Å². The maximum Gasteiger partial charge on any atom is 0.245 e. The third-order valence-corrected chi connectivity index (χ3v) is 5.87. The van der Waals surface area contributed by atoms with Gasteiger partial charge in [-0.1, -0.05) is 31.0 Å². The largest absolute Gasteiger partial charge is 0.373 e. The van der Waals surface area contributed by atoms with Crippen molar-refractivity contribution in [1.29, 1.82) is 0 Å². The van der Waals surface area contributed by atoms with E-state index < -0.39 is 0 Å². The van der Waals surface area contributed by atoms with Gasteiger partial charge >= 0.3 is 0 Å². The second-order valence-electron chi connectivity index (χ2n) is 7.09. The van der Waals surface area contributed by atoms with Gasteiger partial charge in [0.1, 0.15) is 6.04 Å². The molecule has 1 atom stereocenters. The fourth-order valence-corrected chi connectivity index (χ4v) is 4.49. The Bertz CT molecular complexity index is 513. The average molecular weight is 284 g/mol. The molecule has 0 radical (unpaired) electrons. The molecule has 0 unspecified atom stereocenters. The normalized spacial score (nSPS) is 26.7. The van der Waals surface area contributed by atoms with E-state index in [1.165, 1.54) is 44.1 Å². The Morgan fingerprint density at radius 1 is 1.10 bits per heavy atom. The average Bonchev–Trinajstić information content (AvgIpc) is 3.14. The highest BCUT2D eigenvalue weighted by Crippen LogP contribution is 2.46. The standard InChI is InChI=1S/C18H24N2O/c21-17(16-13-14-5-1-2-6-15(14)19-16)20-11-9-18(10-12-20)7-3-4-8-18/h1-2,5-6,16,19H,3-4,7-13H2/t16-/m0/s1. The number of hydrogen-bond donors (Lipinski definition) is 1. The predicted molar refractivity (Wildman–Crippen MR) is 84.3 cm³/mol. The van der Waals surface area contributed by atoms with Crippen molar-refractivity contribution in [2.24, 2.45) is 5.41 Å². The molecule has 0 aromatic heterocycles. The number of piperidine rings is 1. The summed E-state index contributed by atoms with van der Waals surface area (Å²) in [5.74, 6) is 0.305. The highest BCUT2D eigenvalue weighted by Gasteiger charge is 2.39. The molecular formula is C18H24N2O. The van der Waals surface area contributed by atoms with Gasteiger partial charge in [-0.2, -0.15) is 0 Å². The number of likely N-dealkylation sites (tertiary alicyclic amines) is 1. The van der Waals surface area contributed by atoms with Crippen LogP contribution in [0.2, 0.25) is 0 Å². The van der Waals surface area contributed by atoms with Crippen molar-refractivity contribution in [2.75, 3.05) is 18.4 Å². The van der Waals surface area contributed by atoms with Gasteiger partial charge in [-0.05, 0) is 42.7 Å². The van der Waals surface area contributed by atoms with E-state index >= 15 is 0 Å². The van der Waals surface area contributed by atoms with Gasteiger partial charge in [-0.25, -0.2) is 0 Å². The highest BCUT2D eigenvalue weighted by atomic mass is 16.2. The highest BCUT2D eigenvalue weighted by molar-refractivity contribution is 5.87. The van der Waals surface area contributed by atoms with Gasteiger partial charge in [0.25, 0.3) is 0 Å². The molecule has 1 aromatic rings. The second kappa shape index (κ2) is 5.04. The summed E-state index contributed by atoms with van der Waals surface area (Å²) in [5.41, 5.74) is 3.00. The minimum atomic E-state index is -0.0416. The molecule has 1 amide bonds. The minimum absolute atomic E-state index is 0.0416. The van der Waals surface area contributed by atoms with Crippen molar-refractivity contribution >= 4 is 11.6 Å². The minimum Gasteiger partial charge on any atom is -0.373 e. The fourth-order valence-electron chi connectivity index (χ4n) is 4.49. The number of amides is 1. The molecule has 3 nitrogen and oxygen atoms in total. The number of carbonyl (C=O) groups excluding carboxylic acids is 1. The lowest BCUT2D eigenvalue weighted by molar-refractivity contribution is -0.134. The van der Waals surface area contributed by atoms with Crippen LogP contribution >= 0.6 is 0 Å². The number of hydrogen-bond acceptors (Lipinski definition) is 2. The Morgan fingerprint density at radius 2 is 1.81 bits per heavy atom. The quantitative estimate of drug-likeness (QED) is 0.859. The van der Waals surface area contributed by atoms with Crippen molar-refractivity contribution in [3.63, 3.8) is 0 Å². The van der Waals surface area contributed by atoms with Gasteiger partial charge in [0, 0.05) is 25.2 Å². The van der Waals surface area contributed by atoms with E-state index in [0.29, 0.717) is 11.3 Å². The Hall–Kier alpha value is -1.51. The van der Waals surface area contributed by atoms with E-state index in [0.717, 1.165) is 25.2 Å². The van der Waals surface area contributed by atoms with Crippen LogP contribution in [0.4, 0.5) is 5.69 Å². The van der Waals surface area contributed by atoms with Crippen LogP contribution in [0.3, 0.4) is 0 Å². The first-order valence-corrected chi connectivity index (χ1v) is 8.39. The number of nitrogens with zero attached hydrogens (tertiary/aromatic N) is 1. The monoisotopic (exact) mass is 284 g/mol. The summed E-state index contributed by atoms with van der Waals surface area (Å²) >= 11 is 0. The van der Waals surface area contributed by atoms with Crippen LogP contribution in [-0.4, -0.2) is 29.9 Å². The Kier molecular flexibility index (Phi) is 3.16. The molecule has 2 heterocycles. The molecule has 4 rings (SSSR count). The molecule has 112 valence electrons. The molecule has 1 spiro atoms. The third kappa shape index (κ3) is 2.33. The molecule has 2 aliphatic heterocycles. The smallest absolute Gasteiger partial charge is 0.245 e. The Morgan fingerprint density at radius 3 is 2.52 bits per heavy atom. The van der Waals surface area contributed by atoms with Crippen LogP contribution in [0.5, 0.6) is 0 Å². The maximum atomic E-state index is 12.7. The molecule has 1 aromatic carbocycles. The predicted octanol–water partition coefficient (Wildman–Crippen LogP) is 3.21. The van der Waals surface area contributed by atoms with Crippen LogP contribution in [-0.2, 0) is 11.2 Å². The van der Waals surface area contributed by atoms with Crippen LogP contribution in [0.1, 0.15) is 44.1 Å². The fraction of sp³-hybridized carbons (Fsp3) is 0.611. The third-order valence-electron chi connectivity index (χ3n) is 5.87. The van der Waals surface area contributed by atoms with Gasteiger partial charge in [-0.15, -0.1) is 0 Å². The van der Waals surface area contributed by atoms with Crippen LogP contribution < -0.4 is 5.32 Å². The lowest BCUT2D eigenvalue weighted by atomic mass is 9.77. The molecule has 2 fully saturated rings. The van der Waals surface area contributed by atoms with Gasteiger partial charge in [0.15, 0.2) is 0 Å². The van der Waals surface area contributed by atoms with Gasteiger partial charge < -0.3 is 10.2 Å². The van der Waals surface area contributed by atoms with Crippen molar-refractivity contribution < 1.29 is 4.79 Å². The Labute approximate surface area is 126 Å². The van der Waals surface area contributed by atoms with Gasteiger partial charge in [0.2, 0.25) is 5.91 Å². The van der Waals surface area contributed by atoms with E-state index in [4.69, 9.17) is 0 Å². The van der Waals surface area contributed by atoms with Crippen LogP contribution in [0, 0.1) is 5.41 Å². The summed E-state index contributed by atoms with van der Waals surface area (Å²) < 4.78 is 0. The summed E-state index contributed by atoms with van der Waals surface area (Å²) in [6.45, 7) is 1.93. The summed E-state index contributed by atoms with van der Waals surface area (Å²) in [5, 5.41) is 3.40. The van der Waals surface area contributed by atoms with Crippen molar-refractivity contribution in [3.05, 3.63) is 29.8 Å². The summed E-state index contributed by atoms with van der Waals surface area (Å²) in [4.78, 5) is 14.8. The zero-order chi connectivity index (χ0) is 14.3. The summed E-state index contributed by atoms with van der Waals surface area (Å²) in [7, 11) is 0. The number of benzene rings is 1. The van der Waals surface area contributed by atoms with E-state index in [2.05, 4.69) is 28.4 Å². The van der Waals surface area contributed by atoms with Gasteiger partial charge in [0.05, 0.1) is 0 Å². The molecule has 1 N–H and O–H groups in total. The van der Waals surface area contributed by atoms with Crippen molar-refractivity contribution in [3.8, 4) is 0 Å². The number of para-hydroxylation sites is 1. The van der Waals surface area contributed by atoms with Crippen LogP contribution in [0.15, 0.2) is 24.3 Å². The van der Waals surface area contributed by atoms with E-state index in [-0.39, 0.29) is 6.04 Å². The number of nitrogens with one attached hydrogen (secondary N) is 1. The zero-order valence-corrected chi connectivity index (χ0v) is 12.6. The molecule has 0 bridgehead atoms.